The highest BCUT2D eigenvalue weighted by Crippen LogP contribution is 2.35. The first-order valence-corrected chi connectivity index (χ1v) is 14.6. The first-order chi connectivity index (χ1) is 18.4. The van der Waals surface area contributed by atoms with Crippen LogP contribution in [0.15, 0.2) is 28.8 Å². The molecule has 0 spiro atoms. The SMILES string of the molecule is COc1ncc(-c2cc(N)c(C=N)c(-c3nnc(CN4C[C@@H](C)N(C(C)C)[C@@H](C)C4)o3)c2)cc1NS(C)(=O)=O. The standard InChI is InChI=1S/C26H36N8O4S/c1-15(2)34-16(3)12-33(13-17(34)4)14-24-30-31-25(38-24)20-7-18(8-22(28)21(20)10-27)19-9-23(32-39(6,35)36)26(37-5)29-11-19/h7-11,15-17,27,32H,12-14,28H2,1-6H3/t16-,17+. The topological polar surface area (TPSA) is 164 Å². The molecule has 1 aromatic carbocycles. The highest BCUT2D eigenvalue weighted by Gasteiger charge is 2.31. The van der Waals surface area contributed by atoms with Crippen LogP contribution in [-0.4, -0.2) is 84.2 Å². The predicted molar refractivity (Wildman–Crippen MR) is 151 cm³/mol. The number of ether oxygens (including phenoxy) is 1. The molecule has 1 saturated heterocycles. The van der Waals surface area contributed by atoms with Gasteiger partial charge in [-0.25, -0.2) is 13.4 Å². The number of sulfonamides is 1. The zero-order chi connectivity index (χ0) is 28.5. The molecular weight excluding hydrogens is 520 g/mol. The lowest BCUT2D eigenvalue weighted by molar-refractivity contribution is 0.0102. The fourth-order valence-electron chi connectivity index (χ4n) is 5.44. The van der Waals surface area contributed by atoms with Crippen LogP contribution in [-0.2, 0) is 16.6 Å². The van der Waals surface area contributed by atoms with Gasteiger partial charge in [0.15, 0.2) is 0 Å². The van der Waals surface area contributed by atoms with Gasteiger partial charge in [-0.15, -0.1) is 10.2 Å². The molecule has 1 aliphatic heterocycles. The number of pyridine rings is 1. The number of nitrogens with two attached hydrogens (primary N) is 1. The molecule has 0 amide bonds. The summed E-state index contributed by atoms with van der Waals surface area (Å²) in [5, 5.41) is 16.5. The molecule has 0 unspecified atom stereocenters. The number of piperazine rings is 1. The van der Waals surface area contributed by atoms with Gasteiger partial charge in [0.25, 0.3) is 0 Å². The zero-order valence-electron chi connectivity index (χ0n) is 23.1. The van der Waals surface area contributed by atoms with Crippen LogP contribution in [0.3, 0.4) is 0 Å². The smallest absolute Gasteiger partial charge is 0.248 e. The Morgan fingerprint density at radius 2 is 1.90 bits per heavy atom. The largest absolute Gasteiger partial charge is 0.480 e. The molecule has 2 aromatic heterocycles. The third-order valence-corrected chi connectivity index (χ3v) is 7.34. The molecule has 210 valence electrons. The molecule has 0 bridgehead atoms. The van der Waals surface area contributed by atoms with Crippen molar-refractivity contribution in [3.63, 3.8) is 0 Å². The maximum atomic E-state index is 11.8. The van der Waals surface area contributed by atoms with E-state index in [1.807, 2.05) is 0 Å². The van der Waals surface area contributed by atoms with E-state index in [2.05, 4.69) is 57.4 Å². The van der Waals surface area contributed by atoms with E-state index >= 15 is 0 Å². The van der Waals surface area contributed by atoms with Gasteiger partial charge < -0.3 is 20.3 Å². The lowest BCUT2D eigenvalue weighted by atomic mass is 9.98. The van der Waals surface area contributed by atoms with Crippen molar-refractivity contribution in [3.05, 3.63) is 35.9 Å². The van der Waals surface area contributed by atoms with Crippen molar-refractivity contribution in [2.24, 2.45) is 0 Å². The summed E-state index contributed by atoms with van der Waals surface area (Å²) < 4.78 is 37.4. The van der Waals surface area contributed by atoms with Crippen molar-refractivity contribution in [2.45, 2.75) is 52.4 Å². The Morgan fingerprint density at radius 3 is 2.49 bits per heavy atom. The zero-order valence-corrected chi connectivity index (χ0v) is 23.9. The number of nitrogens with zero attached hydrogens (tertiary/aromatic N) is 5. The Hall–Kier alpha value is -3.55. The van der Waals surface area contributed by atoms with Crippen molar-refractivity contribution in [2.75, 3.05) is 36.9 Å². The van der Waals surface area contributed by atoms with Crippen molar-refractivity contribution in [3.8, 4) is 28.5 Å². The van der Waals surface area contributed by atoms with Gasteiger partial charge in [0, 0.05) is 60.4 Å². The molecule has 2 atom stereocenters. The molecule has 12 nitrogen and oxygen atoms in total. The van der Waals surface area contributed by atoms with Gasteiger partial charge in [-0.2, -0.15) is 0 Å². The Kier molecular flexibility index (Phi) is 8.23. The fourth-order valence-corrected chi connectivity index (χ4v) is 5.98. The summed E-state index contributed by atoms with van der Waals surface area (Å²) in [5.74, 6) is 0.857. The van der Waals surface area contributed by atoms with Gasteiger partial charge in [-0.3, -0.25) is 14.5 Å². The molecule has 0 saturated carbocycles. The number of methoxy groups -OCH3 is 1. The van der Waals surface area contributed by atoms with Crippen LogP contribution in [0.25, 0.3) is 22.6 Å². The first kappa shape index (κ1) is 28.5. The van der Waals surface area contributed by atoms with Crippen LogP contribution >= 0.6 is 0 Å². The number of hydrogen-bond donors (Lipinski definition) is 3. The van der Waals surface area contributed by atoms with Gasteiger partial charge in [-0.05, 0) is 51.5 Å². The first-order valence-electron chi connectivity index (χ1n) is 12.7. The van der Waals surface area contributed by atoms with E-state index in [-0.39, 0.29) is 17.5 Å². The molecule has 0 aliphatic carbocycles. The Labute approximate surface area is 229 Å². The number of aromatic nitrogens is 3. The second-order valence-electron chi connectivity index (χ2n) is 10.3. The minimum Gasteiger partial charge on any atom is -0.480 e. The van der Waals surface area contributed by atoms with E-state index in [1.54, 1.807) is 24.4 Å². The van der Waals surface area contributed by atoms with E-state index in [1.165, 1.54) is 7.11 Å². The van der Waals surface area contributed by atoms with Crippen LogP contribution in [0, 0.1) is 5.41 Å². The van der Waals surface area contributed by atoms with Gasteiger partial charge in [-0.1, -0.05) is 0 Å². The minimum absolute atomic E-state index is 0.132. The molecular formula is C26H36N8O4S. The van der Waals surface area contributed by atoms with Crippen molar-refractivity contribution < 1.29 is 17.6 Å². The second-order valence-corrected chi connectivity index (χ2v) is 12.0. The van der Waals surface area contributed by atoms with Gasteiger partial charge in [0.05, 0.1) is 25.5 Å². The maximum Gasteiger partial charge on any atom is 0.248 e. The highest BCUT2D eigenvalue weighted by molar-refractivity contribution is 7.92. The van der Waals surface area contributed by atoms with Gasteiger partial charge in [0.2, 0.25) is 27.7 Å². The second kappa shape index (κ2) is 11.3. The number of nitrogen functional groups attached to an aromatic ring is 1. The summed E-state index contributed by atoms with van der Waals surface area (Å²) in [6.07, 6.45) is 3.75. The van der Waals surface area contributed by atoms with Crippen molar-refractivity contribution >= 4 is 27.6 Å². The molecule has 39 heavy (non-hydrogen) atoms. The predicted octanol–water partition coefficient (Wildman–Crippen LogP) is 3.06. The normalized spacial score (nSPS) is 18.8. The summed E-state index contributed by atoms with van der Waals surface area (Å²) >= 11 is 0. The van der Waals surface area contributed by atoms with Crippen LogP contribution < -0.4 is 15.2 Å². The van der Waals surface area contributed by atoms with Crippen LogP contribution in [0.1, 0.15) is 39.1 Å². The Bertz CT molecular complexity index is 1440. The molecule has 3 heterocycles. The van der Waals surface area contributed by atoms with E-state index in [9.17, 15) is 8.42 Å². The van der Waals surface area contributed by atoms with Crippen molar-refractivity contribution in [1.29, 1.82) is 5.41 Å². The van der Waals surface area contributed by atoms with Gasteiger partial charge in [0.1, 0.15) is 5.69 Å². The summed E-state index contributed by atoms with van der Waals surface area (Å²) in [7, 11) is -2.16. The third-order valence-electron chi connectivity index (χ3n) is 6.74. The monoisotopic (exact) mass is 556 g/mol. The average Bonchev–Trinajstić information content (AvgIpc) is 3.30. The quantitative estimate of drug-likeness (QED) is 0.264. The maximum absolute atomic E-state index is 11.8. The molecule has 3 aromatic rings. The Balaban J connectivity index is 1.64. The Morgan fingerprint density at radius 1 is 1.21 bits per heavy atom. The minimum atomic E-state index is -3.57. The summed E-state index contributed by atoms with van der Waals surface area (Å²) in [6.45, 7) is 11.2. The number of rotatable bonds is 9. The molecule has 1 fully saturated rings. The van der Waals surface area contributed by atoms with Crippen LogP contribution in [0.4, 0.5) is 11.4 Å². The van der Waals surface area contributed by atoms with Gasteiger partial charge >= 0.3 is 0 Å². The number of nitrogens with one attached hydrogen (secondary N) is 2. The highest BCUT2D eigenvalue weighted by atomic mass is 32.2. The van der Waals surface area contributed by atoms with Crippen LogP contribution in [0.2, 0.25) is 0 Å². The third kappa shape index (κ3) is 6.37. The lowest BCUT2D eigenvalue weighted by Gasteiger charge is -2.46. The van der Waals surface area contributed by atoms with E-state index in [4.69, 9.17) is 20.3 Å². The fraction of sp³-hybridized carbons (Fsp3) is 0.462. The average molecular weight is 557 g/mol. The molecule has 13 heteroatoms. The van der Waals surface area contributed by atoms with E-state index < -0.39 is 10.0 Å². The summed E-state index contributed by atoms with van der Waals surface area (Å²) in [5.41, 5.74) is 8.99. The van der Waals surface area contributed by atoms with Crippen LogP contribution in [0.5, 0.6) is 5.88 Å². The molecule has 1 aliphatic rings. The number of benzene rings is 1. The van der Waals surface area contributed by atoms with E-state index in [0.29, 0.717) is 58.5 Å². The van der Waals surface area contributed by atoms with E-state index in [0.717, 1.165) is 25.6 Å². The molecule has 0 radical (unpaired) electrons. The number of anilines is 2. The van der Waals surface area contributed by atoms with Crippen molar-refractivity contribution in [1.82, 2.24) is 25.0 Å². The summed E-state index contributed by atoms with van der Waals surface area (Å²) in [6, 6.07) is 6.34. The molecule has 4 N–H and O–H groups in total. The lowest BCUT2D eigenvalue weighted by Crippen LogP contribution is -2.58. The summed E-state index contributed by atoms with van der Waals surface area (Å²) in [4.78, 5) is 9.07. The number of hydrogen-bond acceptors (Lipinski definition) is 11. The molecule has 4 rings (SSSR count).